The maximum Gasteiger partial charge on any atom is 0.137 e. The summed E-state index contributed by atoms with van der Waals surface area (Å²) in [4.78, 5) is 3.98. The van der Waals surface area contributed by atoms with Crippen molar-refractivity contribution in [2.45, 2.75) is 13.2 Å². The van der Waals surface area contributed by atoms with E-state index in [2.05, 4.69) is 10.3 Å². The molecule has 0 aliphatic heterocycles. The lowest BCUT2D eigenvalue weighted by atomic mass is 10.2. The lowest BCUT2D eigenvalue weighted by molar-refractivity contribution is 0.302. The lowest BCUT2D eigenvalue weighted by Crippen LogP contribution is -2.07. The van der Waals surface area contributed by atoms with Gasteiger partial charge >= 0.3 is 0 Å². The fraction of sp³-hybridized carbons (Fsp3) is 0.214. The number of rotatable bonds is 5. The smallest absolute Gasteiger partial charge is 0.137 e. The Labute approximate surface area is 122 Å². The van der Waals surface area contributed by atoms with E-state index in [-0.39, 0.29) is 0 Å². The number of nitrogens with one attached hydrogen (secondary N) is 1. The standard InChI is InChI=1S/C14H14Cl2N2O/c1-17-8-10-4-2-3-5-12(10)19-9-11-6-7-13(15)18-14(11)16/h2-7,17H,8-9H2,1H3. The van der Waals surface area contributed by atoms with Crippen molar-refractivity contribution in [1.29, 1.82) is 0 Å². The zero-order chi connectivity index (χ0) is 13.7. The molecule has 0 aliphatic rings. The summed E-state index contributed by atoms with van der Waals surface area (Å²) < 4.78 is 5.79. The molecule has 1 heterocycles. The van der Waals surface area contributed by atoms with Gasteiger partial charge in [-0.2, -0.15) is 0 Å². The van der Waals surface area contributed by atoms with Crippen molar-refractivity contribution in [3.63, 3.8) is 0 Å². The average Bonchev–Trinajstić information content (AvgIpc) is 2.40. The Balaban J connectivity index is 2.10. The Hall–Kier alpha value is -1.29. The van der Waals surface area contributed by atoms with Crippen LogP contribution in [-0.2, 0) is 13.2 Å². The number of benzene rings is 1. The molecule has 1 aromatic heterocycles. The number of aromatic nitrogens is 1. The molecule has 0 saturated heterocycles. The van der Waals surface area contributed by atoms with Crippen molar-refractivity contribution in [3.8, 4) is 5.75 Å². The van der Waals surface area contributed by atoms with E-state index < -0.39 is 0 Å². The number of halogens is 2. The molecule has 2 rings (SSSR count). The Bertz CT molecular complexity index is 561. The molecule has 0 aliphatic carbocycles. The van der Waals surface area contributed by atoms with Crippen LogP contribution >= 0.6 is 23.2 Å². The highest BCUT2D eigenvalue weighted by molar-refractivity contribution is 6.32. The van der Waals surface area contributed by atoms with Gasteiger partial charge in [-0.15, -0.1) is 0 Å². The van der Waals surface area contributed by atoms with Crippen LogP contribution in [0.25, 0.3) is 0 Å². The van der Waals surface area contributed by atoms with Gasteiger partial charge in [-0.3, -0.25) is 0 Å². The molecule has 0 unspecified atom stereocenters. The molecule has 0 radical (unpaired) electrons. The van der Waals surface area contributed by atoms with Crippen LogP contribution in [0.15, 0.2) is 36.4 Å². The fourth-order valence-corrected chi connectivity index (χ4v) is 2.08. The Morgan fingerprint density at radius 1 is 1.11 bits per heavy atom. The van der Waals surface area contributed by atoms with E-state index >= 15 is 0 Å². The molecule has 0 atom stereocenters. The van der Waals surface area contributed by atoms with Crippen LogP contribution in [0, 0.1) is 0 Å². The molecule has 0 fully saturated rings. The zero-order valence-corrected chi connectivity index (χ0v) is 12.0. The predicted octanol–water partition coefficient (Wildman–Crippen LogP) is 3.69. The second-order valence-corrected chi connectivity index (χ2v) is 4.76. The minimum Gasteiger partial charge on any atom is -0.488 e. The van der Waals surface area contributed by atoms with Gasteiger partial charge in [0.05, 0.1) is 0 Å². The van der Waals surface area contributed by atoms with Crippen molar-refractivity contribution in [1.82, 2.24) is 10.3 Å². The number of pyridine rings is 1. The molecule has 0 bridgehead atoms. The molecule has 1 N–H and O–H groups in total. The Kier molecular flexibility index (Phi) is 5.02. The molecule has 5 heteroatoms. The number of ether oxygens (including phenoxy) is 1. The monoisotopic (exact) mass is 296 g/mol. The molecule has 3 nitrogen and oxygen atoms in total. The van der Waals surface area contributed by atoms with E-state index in [1.165, 1.54) is 0 Å². The van der Waals surface area contributed by atoms with Gasteiger partial charge in [0.25, 0.3) is 0 Å². The van der Waals surface area contributed by atoms with Gasteiger partial charge in [0.15, 0.2) is 0 Å². The van der Waals surface area contributed by atoms with Gasteiger partial charge < -0.3 is 10.1 Å². The van der Waals surface area contributed by atoms with Gasteiger partial charge in [0.1, 0.15) is 22.7 Å². The van der Waals surface area contributed by atoms with Gasteiger partial charge in [-0.1, -0.05) is 41.4 Å². The third-order valence-corrected chi connectivity index (χ3v) is 3.15. The SMILES string of the molecule is CNCc1ccccc1OCc1ccc(Cl)nc1Cl. The van der Waals surface area contributed by atoms with E-state index in [9.17, 15) is 0 Å². The largest absolute Gasteiger partial charge is 0.488 e. The fourth-order valence-electron chi connectivity index (χ4n) is 1.69. The third-order valence-electron chi connectivity index (χ3n) is 2.62. The summed E-state index contributed by atoms with van der Waals surface area (Å²) in [5.41, 5.74) is 1.91. The maximum atomic E-state index is 6.01. The van der Waals surface area contributed by atoms with E-state index in [1.54, 1.807) is 6.07 Å². The number of para-hydroxylation sites is 1. The number of hydrogen-bond donors (Lipinski definition) is 1. The quantitative estimate of drug-likeness (QED) is 0.855. The van der Waals surface area contributed by atoms with Crippen LogP contribution < -0.4 is 10.1 Å². The van der Waals surface area contributed by atoms with Crippen LogP contribution in [0.4, 0.5) is 0 Å². The van der Waals surface area contributed by atoms with Gasteiger partial charge in [-0.05, 0) is 25.2 Å². The highest BCUT2D eigenvalue weighted by Crippen LogP contribution is 2.22. The van der Waals surface area contributed by atoms with E-state index in [4.69, 9.17) is 27.9 Å². The van der Waals surface area contributed by atoms with Gasteiger partial charge in [-0.25, -0.2) is 4.98 Å². The van der Waals surface area contributed by atoms with Crippen LogP contribution in [0.3, 0.4) is 0 Å². The summed E-state index contributed by atoms with van der Waals surface area (Å²) in [6.07, 6.45) is 0. The van der Waals surface area contributed by atoms with Crippen molar-refractivity contribution in [3.05, 3.63) is 57.8 Å². The van der Waals surface area contributed by atoms with Crippen LogP contribution in [0.5, 0.6) is 5.75 Å². The molecule has 0 saturated carbocycles. The first-order valence-electron chi connectivity index (χ1n) is 5.87. The van der Waals surface area contributed by atoms with Crippen LogP contribution in [0.2, 0.25) is 10.3 Å². The summed E-state index contributed by atoms with van der Waals surface area (Å²) in [7, 11) is 1.90. The third kappa shape index (κ3) is 3.83. The highest BCUT2D eigenvalue weighted by atomic mass is 35.5. The zero-order valence-electron chi connectivity index (χ0n) is 10.5. The summed E-state index contributed by atoms with van der Waals surface area (Å²) in [6, 6.07) is 11.4. The van der Waals surface area contributed by atoms with Crippen molar-refractivity contribution in [2.24, 2.45) is 0 Å². The molecule has 100 valence electrons. The minimum absolute atomic E-state index is 0.365. The maximum absolute atomic E-state index is 6.01. The summed E-state index contributed by atoms with van der Waals surface area (Å²) >= 11 is 11.8. The van der Waals surface area contributed by atoms with Crippen molar-refractivity contribution < 1.29 is 4.74 Å². The minimum atomic E-state index is 0.365. The summed E-state index contributed by atoms with van der Waals surface area (Å²) in [5.74, 6) is 0.836. The first-order chi connectivity index (χ1) is 9.20. The van der Waals surface area contributed by atoms with Crippen molar-refractivity contribution >= 4 is 23.2 Å². The second-order valence-electron chi connectivity index (χ2n) is 4.01. The van der Waals surface area contributed by atoms with Gasteiger partial charge in [0.2, 0.25) is 0 Å². The molecule has 19 heavy (non-hydrogen) atoms. The topological polar surface area (TPSA) is 34.1 Å². The van der Waals surface area contributed by atoms with Crippen LogP contribution in [-0.4, -0.2) is 12.0 Å². The Morgan fingerprint density at radius 3 is 2.63 bits per heavy atom. The van der Waals surface area contributed by atoms with E-state index in [0.717, 1.165) is 23.4 Å². The number of nitrogens with zero attached hydrogens (tertiary/aromatic N) is 1. The molecule has 1 aromatic carbocycles. The normalized spacial score (nSPS) is 10.5. The molecule has 0 amide bonds. The lowest BCUT2D eigenvalue weighted by Gasteiger charge is -2.11. The molecule has 2 aromatic rings. The van der Waals surface area contributed by atoms with Crippen molar-refractivity contribution in [2.75, 3.05) is 7.05 Å². The highest BCUT2D eigenvalue weighted by Gasteiger charge is 2.06. The average molecular weight is 297 g/mol. The van der Waals surface area contributed by atoms with Gasteiger partial charge in [0, 0.05) is 17.7 Å². The number of hydrogen-bond acceptors (Lipinski definition) is 3. The van der Waals surface area contributed by atoms with E-state index in [0.29, 0.717) is 16.9 Å². The first kappa shape index (κ1) is 14.1. The predicted molar refractivity (Wildman–Crippen MR) is 77.8 cm³/mol. The first-order valence-corrected chi connectivity index (χ1v) is 6.62. The summed E-state index contributed by atoms with van der Waals surface area (Å²) in [5, 5.41) is 3.86. The summed E-state index contributed by atoms with van der Waals surface area (Å²) in [6.45, 7) is 1.12. The molecule has 0 spiro atoms. The van der Waals surface area contributed by atoms with E-state index in [1.807, 2.05) is 37.4 Å². The van der Waals surface area contributed by atoms with Crippen LogP contribution in [0.1, 0.15) is 11.1 Å². The second kappa shape index (κ2) is 6.75. The molecular weight excluding hydrogens is 283 g/mol. The molecular formula is C14H14Cl2N2O. The Morgan fingerprint density at radius 2 is 1.89 bits per heavy atom.